The number of methoxy groups -OCH3 is 1. The Labute approximate surface area is 269 Å². The third-order valence-electron chi connectivity index (χ3n) is 7.81. The fourth-order valence-electron chi connectivity index (χ4n) is 5.85. The highest BCUT2D eigenvalue weighted by Crippen LogP contribution is 2.41. The molecule has 0 spiro atoms. The molecule has 0 aliphatic carbocycles. The van der Waals surface area contributed by atoms with Crippen molar-refractivity contribution in [1.82, 2.24) is 9.13 Å². The average molecular weight is 679 g/mol. The summed E-state index contributed by atoms with van der Waals surface area (Å²) in [7, 11) is 1.56. The van der Waals surface area contributed by atoms with Gasteiger partial charge in [0.15, 0.2) is 16.3 Å². The number of ether oxygens (including phenoxy) is 3. The molecule has 0 N–H and O–H groups in total. The smallest absolute Gasteiger partial charge is 0.338 e. The number of aryl methyl sites for hydroxylation is 3. The van der Waals surface area contributed by atoms with E-state index >= 15 is 0 Å². The Morgan fingerprint density at radius 3 is 2.39 bits per heavy atom. The molecule has 44 heavy (non-hydrogen) atoms. The number of carbonyl (C=O) groups excluding carboxylic acids is 1. The summed E-state index contributed by atoms with van der Waals surface area (Å²) < 4.78 is 21.9. The van der Waals surface area contributed by atoms with Gasteiger partial charge in [-0.1, -0.05) is 45.5 Å². The van der Waals surface area contributed by atoms with Gasteiger partial charge in [-0.25, -0.2) is 9.79 Å². The highest BCUT2D eigenvalue weighted by molar-refractivity contribution is 9.10. The number of rotatable bonds is 8. The molecule has 10 heteroatoms. The van der Waals surface area contributed by atoms with Gasteiger partial charge in [0, 0.05) is 15.9 Å². The second kappa shape index (κ2) is 12.6. The minimum Gasteiger partial charge on any atom is -0.493 e. The molecule has 4 aromatic rings. The Bertz CT molecular complexity index is 1980. The fourth-order valence-corrected chi connectivity index (χ4v) is 7.43. The average Bonchev–Trinajstić information content (AvgIpc) is 3.42. The first-order chi connectivity index (χ1) is 21.0. The maximum Gasteiger partial charge on any atom is 0.338 e. The molecular formula is C34H36BrN3O5S. The summed E-state index contributed by atoms with van der Waals surface area (Å²) in [6.45, 7) is 14.4. The van der Waals surface area contributed by atoms with Gasteiger partial charge >= 0.3 is 5.97 Å². The van der Waals surface area contributed by atoms with Crippen LogP contribution in [0.25, 0.3) is 11.8 Å². The number of hydrogen-bond acceptors (Lipinski definition) is 7. The van der Waals surface area contributed by atoms with Gasteiger partial charge in [0.25, 0.3) is 5.56 Å². The summed E-state index contributed by atoms with van der Waals surface area (Å²) >= 11 is 4.98. The number of esters is 1. The van der Waals surface area contributed by atoms with E-state index in [0.29, 0.717) is 48.7 Å². The molecule has 2 aromatic carbocycles. The Balaban J connectivity index is 1.74. The normalized spacial score (nSPS) is 14.8. The molecule has 0 fully saturated rings. The quantitative estimate of drug-likeness (QED) is 0.214. The first-order valence-electron chi connectivity index (χ1n) is 14.5. The third kappa shape index (κ3) is 5.45. The topological polar surface area (TPSA) is 84.1 Å². The zero-order valence-electron chi connectivity index (χ0n) is 26.2. The fraction of sp³-hybridized carbons (Fsp3) is 0.324. The van der Waals surface area contributed by atoms with E-state index in [1.165, 1.54) is 22.5 Å². The van der Waals surface area contributed by atoms with Crippen LogP contribution in [0.1, 0.15) is 60.5 Å². The van der Waals surface area contributed by atoms with Crippen LogP contribution in [0.4, 0.5) is 0 Å². The lowest BCUT2D eigenvalue weighted by atomic mass is 9.95. The maximum atomic E-state index is 14.3. The van der Waals surface area contributed by atoms with Crippen molar-refractivity contribution < 1.29 is 19.0 Å². The molecule has 3 heterocycles. The third-order valence-corrected chi connectivity index (χ3v) is 9.48. The molecule has 2 aromatic heterocycles. The number of aromatic nitrogens is 2. The molecule has 230 valence electrons. The molecule has 0 saturated heterocycles. The van der Waals surface area contributed by atoms with E-state index in [1.54, 1.807) is 37.7 Å². The predicted octanol–water partition coefficient (Wildman–Crippen LogP) is 5.99. The van der Waals surface area contributed by atoms with Crippen molar-refractivity contribution >= 4 is 39.3 Å². The number of fused-ring (bicyclic) bond motifs is 1. The number of para-hydroxylation sites is 1. The van der Waals surface area contributed by atoms with Crippen molar-refractivity contribution in [2.24, 2.45) is 4.99 Å². The molecule has 1 aliphatic heterocycles. The van der Waals surface area contributed by atoms with Gasteiger partial charge in [0.05, 0.1) is 47.9 Å². The zero-order chi connectivity index (χ0) is 31.9. The van der Waals surface area contributed by atoms with Gasteiger partial charge in [-0.2, -0.15) is 0 Å². The molecule has 1 atom stereocenters. The molecule has 8 nitrogen and oxygen atoms in total. The van der Waals surface area contributed by atoms with Gasteiger partial charge in [0.1, 0.15) is 0 Å². The van der Waals surface area contributed by atoms with Crippen LogP contribution < -0.4 is 24.4 Å². The van der Waals surface area contributed by atoms with E-state index in [2.05, 4.69) is 72.5 Å². The molecule has 1 aliphatic rings. The second-order valence-corrected chi connectivity index (χ2v) is 12.5. The SMILES string of the molecule is CCOC(=O)C1=C(C)N=c2s/c(=C/c3cc(C)n(-c4c(C)cccc4C)c3C)c(=O)n2[C@H]1c1cc(OC)c(OCC)cc1Br. The van der Waals surface area contributed by atoms with Crippen molar-refractivity contribution in [2.75, 3.05) is 20.3 Å². The van der Waals surface area contributed by atoms with E-state index in [1.807, 2.05) is 13.0 Å². The predicted molar refractivity (Wildman–Crippen MR) is 177 cm³/mol. The standard InChI is InChI=1S/C34H36BrN3O5S/c1-9-42-27-17-25(35)24(16-26(27)41-8)31-29(33(40)43-10-2)21(6)36-34-38(31)32(39)28(44-34)15-23-14-20(5)37(22(23)7)30-18(3)12-11-13-19(30)4/h11-17,31H,9-10H2,1-8H3/b28-15+/t31-/m0/s1. The van der Waals surface area contributed by atoms with E-state index in [-0.39, 0.29) is 12.2 Å². The number of benzene rings is 2. The maximum absolute atomic E-state index is 14.3. The van der Waals surface area contributed by atoms with Crippen molar-refractivity contribution in [2.45, 2.75) is 54.5 Å². The van der Waals surface area contributed by atoms with Crippen LogP contribution in [-0.4, -0.2) is 35.4 Å². The van der Waals surface area contributed by atoms with E-state index < -0.39 is 12.0 Å². The van der Waals surface area contributed by atoms with Crippen LogP contribution in [-0.2, 0) is 9.53 Å². The minimum absolute atomic E-state index is 0.191. The van der Waals surface area contributed by atoms with Crippen molar-refractivity contribution in [3.63, 3.8) is 0 Å². The molecule has 5 rings (SSSR count). The molecule has 0 bridgehead atoms. The summed E-state index contributed by atoms with van der Waals surface area (Å²) in [5.74, 6) is 0.518. The van der Waals surface area contributed by atoms with Crippen molar-refractivity contribution in [3.05, 3.63) is 105 Å². The van der Waals surface area contributed by atoms with Crippen LogP contribution in [0.3, 0.4) is 0 Å². The lowest BCUT2D eigenvalue weighted by Crippen LogP contribution is -2.40. The number of thiazole rings is 1. The van der Waals surface area contributed by atoms with Gasteiger partial charge in [-0.3, -0.25) is 9.36 Å². The second-order valence-electron chi connectivity index (χ2n) is 10.7. The number of halogens is 1. The van der Waals surface area contributed by atoms with E-state index in [9.17, 15) is 9.59 Å². The van der Waals surface area contributed by atoms with Crippen LogP contribution in [0.15, 0.2) is 61.9 Å². The number of nitrogens with zero attached hydrogens (tertiary/aromatic N) is 3. The van der Waals surface area contributed by atoms with Gasteiger partial charge in [-0.05, 0) is 95.0 Å². The van der Waals surface area contributed by atoms with Gasteiger partial charge in [-0.15, -0.1) is 0 Å². The Morgan fingerprint density at radius 1 is 1.05 bits per heavy atom. The van der Waals surface area contributed by atoms with Crippen LogP contribution >= 0.6 is 27.3 Å². The number of allylic oxidation sites excluding steroid dienone is 1. The monoisotopic (exact) mass is 677 g/mol. The first-order valence-corrected chi connectivity index (χ1v) is 16.1. The first kappa shape index (κ1) is 31.5. The summed E-state index contributed by atoms with van der Waals surface area (Å²) in [5, 5.41) is 0. The molecule has 0 unspecified atom stereocenters. The molecular weight excluding hydrogens is 642 g/mol. The lowest BCUT2D eigenvalue weighted by Gasteiger charge is -2.26. The van der Waals surface area contributed by atoms with Gasteiger partial charge in [0.2, 0.25) is 0 Å². The minimum atomic E-state index is -0.798. The molecule has 0 saturated carbocycles. The van der Waals surface area contributed by atoms with Crippen LogP contribution in [0.2, 0.25) is 0 Å². The van der Waals surface area contributed by atoms with Crippen LogP contribution in [0, 0.1) is 27.7 Å². The lowest BCUT2D eigenvalue weighted by molar-refractivity contribution is -0.139. The summed E-state index contributed by atoms with van der Waals surface area (Å²) in [6.07, 6.45) is 1.92. The number of carbonyl (C=O) groups is 1. The molecule has 0 amide bonds. The largest absolute Gasteiger partial charge is 0.493 e. The highest BCUT2D eigenvalue weighted by atomic mass is 79.9. The zero-order valence-corrected chi connectivity index (χ0v) is 28.6. The highest BCUT2D eigenvalue weighted by Gasteiger charge is 2.35. The summed E-state index contributed by atoms with van der Waals surface area (Å²) in [5.41, 5.74) is 7.75. The Morgan fingerprint density at radius 2 is 1.75 bits per heavy atom. The Kier molecular flexibility index (Phi) is 9.04. The van der Waals surface area contributed by atoms with Crippen LogP contribution in [0.5, 0.6) is 11.5 Å². The van der Waals surface area contributed by atoms with Gasteiger partial charge < -0.3 is 18.8 Å². The number of hydrogen-bond donors (Lipinski definition) is 0. The van der Waals surface area contributed by atoms with Crippen molar-refractivity contribution in [1.29, 1.82) is 0 Å². The Hall–Kier alpha value is -3.89. The van der Waals surface area contributed by atoms with E-state index in [0.717, 1.165) is 22.6 Å². The summed E-state index contributed by atoms with van der Waals surface area (Å²) in [6, 6.07) is 11.2. The summed E-state index contributed by atoms with van der Waals surface area (Å²) in [4.78, 5) is 32.9. The molecule has 0 radical (unpaired) electrons. The van der Waals surface area contributed by atoms with Crippen molar-refractivity contribution in [3.8, 4) is 17.2 Å². The van der Waals surface area contributed by atoms with E-state index in [4.69, 9.17) is 19.2 Å².